The maximum atomic E-state index is 13.5. The minimum absolute atomic E-state index is 0.124. The number of fused-ring (bicyclic) bond motifs is 1. The van der Waals surface area contributed by atoms with Gasteiger partial charge in [-0.15, -0.1) is 0 Å². The first-order valence-corrected chi connectivity index (χ1v) is 8.30. The average molecular weight is 371 g/mol. The van der Waals surface area contributed by atoms with Gasteiger partial charge in [-0.1, -0.05) is 12.1 Å². The molecule has 0 bridgehead atoms. The molecule has 0 aliphatic carbocycles. The van der Waals surface area contributed by atoms with Crippen LogP contribution in [0.2, 0.25) is 0 Å². The lowest BCUT2D eigenvalue weighted by Gasteiger charge is -2.18. The van der Waals surface area contributed by atoms with Crippen molar-refractivity contribution in [1.29, 1.82) is 0 Å². The van der Waals surface area contributed by atoms with Crippen molar-refractivity contribution in [2.24, 2.45) is 5.10 Å². The smallest absolute Gasteiger partial charge is 0.259 e. The third kappa shape index (κ3) is 4.60. The standard InChI is InChI=1S/C19H18FN3O4/c1-12(13-6-7-16-17(10-13)27-9-8-26-16)22-23-18(24)11-21-19(25)14-4-2-3-5-15(14)20/h2-7,10H,8-9,11H2,1H3,(H,21,25)(H,23,24). The fourth-order valence-electron chi connectivity index (χ4n) is 2.42. The van der Waals surface area contributed by atoms with E-state index >= 15 is 0 Å². The van der Waals surface area contributed by atoms with Gasteiger partial charge in [0.1, 0.15) is 19.0 Å². The number of hydrogen-bond acceptors (Lipinski definition) is 5. The van der Waals surface area contributed by atoms with Crippen molar-refractivity contribution < 1.29 is 23.5 Å². The van der Waals surface area contributed by atoms with Crippen LogP contribution in [0, 0.1) is 5.82 Å². The molecule has 1 aliphatic rings. The van der Waals surface area contributed by atoms with E-state index in [1.807, 2.05) is 0 Å². The first-order valence-electron chi connectivity index (χ1n) is 8.30. The highest BCUT2D eigenvalue weighted by Crippen LogP contribution is 2.30. The zero-order valence-electron chi connectivity index (χ0n) is 14.6. The van der Waals surface area contributed by atoms with E-state index in [1.54, 1.807) is 31.2 Å². The predicted octanol–water partition coefficient (Wildman–Crippen LogP) is 1.87. The molecule has 0 atom stereocenters. The number of hydrazone groups is 1. The van der Waals surface area contributed by atoms with E-state index in [4.69, 9.17) is 9.47 Å². The number of ether oxygens (including phenoxy) is 2. The van der Waals surface area contributed by atoms with Crippen LogP contribution < -0.4 is 20.2 Å². The summed E-state index contributed by atoms with van der Waals surface area (Å²) in [6, 6.07) is 10.9. The SMILES string of the molecule is CC(=NNC(=O)CNC(=O)c1ccccc1F)c1ccc2c(c1)OCCO2. The lowest BCUT2D eigenvalue weighted by atomic mass is 10.1. The van der Waals surface area contributed by atoms with E-state index in [2.05, 4.69) is 15.8 Å². The molecule has 1 heterocycles. The molecular weight excluding hydrogens is 353 g/mol. The fraction of sp³-hybridized carbons (Fsp3) is 0.211. The topological polar surface area (TPSA) is 89.0 Å². The molecule has 2 aromatic carbocycles. The molecule has 2 amide bonds. The summed E-state index contributed by atoms with van der Waals surface area (Å²) < 4.78 is 24.5. The first-order chi connectivity index (χ1) is 13.0. The second-order valence-corrected chi connectivity index (χ2v) is 5.75. The quantitative estimate of drug-likeness (QED) is 0.620. The fourth-order valence-corrected chi connectivity index (χ4v) is 2.42. The largest absolute Gasteiger partial charge is 0.486 e. The summed E-state index contributed by atoms with van der Waals surface area (Å²) in [5.41, 5.74) is 3.54. The molecule has 0 spiro atoms. The molecule has 0 radical (unpaired) electrons. The van der Waals surface area contributed by atoms with E-state index in [-0.39, 0.29) is 12.1 Å². The van der Waals surface area contributed by atoms with Crippen LogP contribution in [0.3, 0.4) is 0 Å². The molecule has 2 aromatic rings. The molecule has 8 heteroatoms. The summed E-state index contributed by atoms with van der Waals surface area (Å²) in [6.07, 6.45) is 0. The van der Waals surface area contributed by atoms with Gasteiger partial charge in [0.2, 0.25) is 0 Å². The van der Waals surface area contributed by atoms with E-state index in [9.17, 15) is 14.0 Å². The minimum Gasteiger partial charge on any atom is -0.486 e. The molecule has 140 valence electrons. The van der Waals surface area contributed by atoms with Crippen molar-refractivity contribution >= 4 is 17.5 Å². The van der Waals surface area contributed by atoms with Crippen molar-refractivity contribution in [2.75, 3.05) is 19.8 Å². The number of hydrogen-bond donors (Lipinski definition) is 2. The van der Waals surface area contributed by atoms with Crippen LogP contribution in [0.5, 0.6) is 11.5 Å². The molecule has 0 unspecified atom stereocenters. The van der Waals surface area contributed by atoms with Crippen LogP contribution in [0.1, 0.15) is 22.8 Å². The highest BCUT2D eigenvalue weighted by atomic mass is 19.1. The highest BCUT2D eigenvalue weighted by Gasteiger charge is 2.14. The maximum Gasteiger partial charge on any atom is 0.259 e. The minimum atomic E-state index is -0.671. The molecule has 1 aliphatic heterocycles. The number of carbonyl (C=O) groups is 2. The second-order valence-electron chi connectivity index (χ2n) is 5.75. The van der Waals surface area contributed by atoms with E-state index < -0.39 is 17.6 Å². The van der Waals surface area contributed by atoms with Gasteiger partial charge in [-0.25, -0.2) is 9.82 Å². The van der Waals surface area contributed by atoms with Crippen molar-refractivity contribution in [2.45, 2.75) is 6.92 Å². The van der Waals surface area contributed by atoms with Crippen LogP contribution in [0.4, 0.5) is 4.39 Å². The summed E-state index contributed by atoms with van der Waals surface area (Å²) >= 11 is 0. The van der Waals surface area contributed by atoms with E-state index in [0.29, 0.717) is 30.4 Å². The van der Waals surface area contributed by atoms with Crippen LogP contribution in [-0.2, 0) is 4.79 Å². The van der Waals surface area contributed by atoms with Crippen LogP contribution >= 0.6 is 0 Å². The Kier molecular flexibility index (Phi) is 5.65. The van der Waals surface area contributed by atoms with E-state index in [1.165, 1.54) is 18.2 Å². The number of carbonyl (C=O) groups excluding carboxylic acids is 2. The Morgan fingerprint density at radius 3 is 2.63 bits per heavy atom. The van der Waals surface area contributed by atoms with Crippen molar-refractivity contribution in [3.8, 4) is 11.5 Å². The van der Waals surface area contributed by atoms with Crippen molar-refractivity contribution in [1.82, 2.24) is 10.7 Å². The van der Waals surface area contributed by atoms with Crippen molar-refractivity contribution in [3.63, 3.8) is 0 Å². The van der Waals surface area contributed by atoms with Gasteiger partial charge in [-0.3, -0.25) is 9.59 Å². The monoisotopic (exact) mass is 371 g/mol. The number of benzene rings is 2. The normalized spacial score (nSPS) is 13.0. The number of amides is 2. The molecule has 3 rings (SSSR count). The lowest BCUT2D eigenvalue weighted by Crippen LogP contribution is -2.35. The van der Waals surface area contributed by atoms with Gasteiger partial charge in [0.05, 0.1) is 17.8 Å². The lowest BCUT2D eigenvalue weighted by molar-refractivity contribution is -0.120. The average Bonchev–Trinajstić information content (AvgIpc) is 2.70. The Balaban J connectivity index is 1.55. The Morgan fingerprint density at radius 2 is 1.85 bits per heavy atom. The first kappa shape index (κ1) is 18.4. The molecule has 0 saturated heterocycles. The summed E-state index contributed by atoms with van der Waals surface area (Å²) in [4.78, 5) is 23.7. The van der Waals surface area contributed by atoms with E-state index in [0.717, 1.165) is 5.56 Å². The number of halogens is 1. The molecule has 0 aromatic heterocycles. The highest BCUT2D eigenvalue weighted by molar-refractivity contribution is 6.00. The number of rotatable bonds is 5. The second kappa shape index (κ2) is 8.31. The molecule has 27 heavy (non-hydrogen) atoms. The zero-order chi connectivity index (χ0) is 19.2. The van der Waals surface area contributed by atoms with Gasteiger partial charge in [0.15, 0.2) is 11.5 Å². The predicted molar refractivity (Wildman–Crippen MR) is 96.5 cm³/mol. The Labute approximate surface area is 155 Å². The van der Waals surface area contributed by atoms with Crippen molar-refractivity contribution in [3.05, 3.63) is 59.4 Å². The Hall–Kier alpha value is -3.42. The molecule has 0 saturated carbocycles. The van der Waals surface area contributed by atoms with Gasteiger partial charge in [-0.05, 0) is 37.3 Å². The summed E-state index contributed by atoms with van der Waals surface area (Å²) in [6.45, 7) is 2.38. The van der Waals surface area contributed by atoms with Gasteiger partial charge < -0.3 is 14.8 Å². The maximum absolute atomic E-state index is 13.5. The van der Waals surface area contributed by atoms with Gasteiger partial charge in [0, 0.05) is 5.56 Å². The zero-order valence-corrected chi connectivity index (χ0v) is 14.6. The third-order valence-electron chi connectivity index (χ3n) is 3.84. The summed E-state index contributed by atoms with van der Waals surface area (Å²) in [5, 5.41) is 6.35. The van der Waals surface area contributed by atoms with Crippen LogP contribution in [0.25, 0.3) is 0 Å². The van der Waals surface area contributed by atoms with Crippen LogP contribution in [0.15, 0.2) is 47.6 Å². The molecular formula is C19H18FN3O4. The Bertz CT molecular complexity index is 898. The number of nitrogens with one attached hydrogen (secondary N) is 2. The van der Waals surface area contributed by atoms with Gasteiger partial charge >= 0.3 is 0 Å². The van der Waals surface area contributed by atoms with Crippen LogP contribution in [-0.4, -0.2) is 37.3 Å². The third-order valence-corrected chi connectivity index (χ3v) is 3.84. The molecule has 7 nitrogen and oxygen atoms in total. The van der Waals surface area contributed by atoms with Gasteiger partial charge in [0.25, 0.3) is 11.8 Å². The number of nitrogens with zero attached hydrogens (tertiary/aromatic N) is 1. The Morgan fingerprint density at radius 1 is 1.11 bits per heavy atom. The summed E-state index contributed by atoms with van der Waals surface area (Å²) in [7, 11) is 0. The van der Waals surface area contributed by atoms with Gasteiger partial charge in [-0.2, -0.15) is 5.10 Å². The summed E-state index contributed by atoms with van der Waals surface area (Å²) in [5.74, 6) is -0.565. The molecule has 0 fully saturated rings. The molecule has 2 N–H and O–H groups in total.